The van der Waals surface area contributed by atoms with Gasteiger partial charge in [-0.15, -0.1) is 0 Å². The van der Waals surface area contributed by atoms with Crippen molar-refractivity contribution < 1.29 is 8.42 Å². The lowest BCUT2D eigenvalue weighted by Crippen LogP contribution is -2.26. The lowest BCUT2D eigenvalue weighted by Gasteiger charge is -2.11. The van der Waals surface area contributed by atoms with Crippen molar-refractivity contribution in [1.82, 2.24) is 9.71 Å². The molecule has 6 nitrogen and oxygen atoms in total. The molecule has 0 aliphatic carbocycles. The summed E-state index contributed by atoms with van der Waals surface area (Å²) in [5, 5.41) is 4.93. The summed E-state index contributed by atoms with van der Waals surface area (Å²) in [6, 6.07) is 5.57. The number of aromatic nitrogens is 1. The van der Waals surface area contributed by atoms with Crippen molar-refractivity contribution in [2.45, 2.75) is 6.92 Å². The Morgan fingerprint density at radius 3 is 2.75 bits per heavy atom. The molecule has 0 unspecified atom stereocenters. The maximum atomic E-state index is 11.4. The molecule has 2 rings (SSSR count). The Morgan fingerprint density at radius 2 is 2.05 bits per heavy atom. The molecule has 1 aromatic heterocycles. The minimum atomic E-state index is -3.21. The first-order chi connectivity index (χ1) is 9.43. The first-order valence-corrected chi connectivity index (χ1v) is 7.88. The Hall–Kier alpha value is -1.86. The van der Waals surface area contributed by atoms with E-state index in [4.69, 9.17) is 5.73 Å². The summed E-state index contributed by atoms with van der Waals surface area (Å²) >= 11 is 0. The lowest BCUT2D eigenvalue weighted by atomic mass is 10.1. The lowest BCUT2D eigenvalue weighted by molar-refractivity contribution is 0.588. The quantitative estimate of drug-likeness (QED) is 0.717. The molecule has 4 N–H and O–H groups in total. The van der Waals surface area contributed by atoms with Crippen LogP contribution in [-0.4, -0.2) is 32.7 Å². The second-order valence-electron chi connectivity index (χ2n) is 4.52. The molecule has 0 saturated carbocycles. The number of aryl methyl sites for hydroxylation is 1. The number of anilines is 2. The van der Waals surface area contributed by atoms with Gasteiger partial charge in [0, 0.05) is 40.6 Å². The Bertz CT molecular complexity index is 728. The molecule has 0 spiro atoms. The molecular weight excluding hydrogens is 276 g/mol. The van der Waals surface area contributed by atoms with Gasteiger partial charge in [-0.3, -0.25) is 4.98 Å². The molecule has 7 heteroatoms. The van der Waals surface area contributed by atoms with E-state index in [-0.39, 0.29) is 5.75 Å². The van der Waals surface area contributed by atoms with E-state index in [1.807, 2.05) is 19.1 Å². The maximum Gasteiger partial charge on any atom is 0.213 e. The number of hydrogen-bond donors (Lipinski definition) is 3. The van der Waals surface area contributed by atoms with Gasteiger partial charge in [0.05, 0.1) is 5.75 Å². The van der Waals surface area contributed by atoms with Crippen molar-refractivity contribution in [3.8, 4) is 0 Å². The van der Waals surface area contributed by atoms with Gasteiger partial charge in [-0.25, -0.2) is 13.1 Å². The van der Waals surface area contributed by atoms with Gasteiger partial charge in [0.2, 0.25) is 10.0 Å². The Balaban J connectivity index is 2.27. The number of sulfonamides is 1. The number of hydrogen-bond acceptors (Lipinski definition) is 5. The number of nitrogens with zero attached hydrogens (tertiary/aromatic N) is 1. The monoisotopic (exact) mass is 294 g/mol. The number of pyridine rings is 1. The van der Waals surface area contributed by atoms with Crippen LogP contribution in [-0.2, 0) is 10.0 Å². The van der Waals surface area contributed by atoms with Crippen LogP contribution < -0.4 is 15.8 Å². The molecule has 108 valence electrons. The van der Waals surface area contributed by atoms with Crippen molar-refractivity contribution in [1.29, 1.82) is 0 Å². The van der Waals surface area contributed by atoms with Crippen molar-refractivity contribution >= 4 is 32.2 Å². The van der Waals surface area contributed by atoms with Crippen molar-refractivity contribution in [3.63, 3.8) is 0 Å². The van der Waals surface area contributed by atoms with Crippen LogP contribution in [0.15, 0.2) is 24.4 Å². The zero-order valence-electron chi connectivity index (χ0n) is 11.5. The summed E-state index contributed by atoms with van der Waals surface area (Å²) in [6.07, 6.45) is 1.73. The molecule has 0 amide bonds. The fourth-order valence-corrected chi connectivity index (χ4v) is 2.52. The SMILES string of the molecule is CNS(=O)(=O)CCNc1ccc(N)c2cnc(C)cc12. The number of nitrogens with one attached hydrogen (secondary N) is 2. The average molecular weight is 294 g/mol. The predicted octanol–water partition coefficient (Wildman–Crippen LogP) is 1.09. The predicted molar refractivity (Wildman–Crippen MR) is 82.2 cm³/mol. The largest absolute Gasteiger partial charge is 0.398 e. The first kappa shape index (κ1) is 14.5. The van der Waals surface area contributed by atoms with E-state index in [2.05, 4.69) is 15.0 Å². The van der Waals surface area contributed by atoms with Crippen LogP contribution >= 0.6 is 0 Å². The topological polar surface area (TPSA) is 97.1 Å². The molecule has 0 aliphatic rings. The summed E-state index contributed by atoms with van der Waals surface area (Å²) in [4.78, 5) is 4.23. The van der Waals surface area contributed by atoms with Crippen molar-refractivity contribution in [2.24, 2.45) is 0 Å². The van der Waals surface area contributed by atoms with Gasteiger partial charge in [0.15, 0.2) is 0 Å². The van der Waals surface area contributed by atoms with E-state index in [1.54, 1.807) is 12.3 Å². The average Bonchev–Trinajstić information content (AvgIpc) is 2.41. The van der Waals surface area contributed by atoms with Gasteiger partial charge < -0.3 is 11.1 Å². The number of benzene rings is 1. The third-order valence-corrected chi connectivity index (χ3v) is 4.43. The summed E-state index contributed by atoms with van der Waals surface area (Å²) in [7, 11) is -1.80. The fourth-order valence-electron chi connectivity index (χ4n) is 1.94. The third-order valence-electron chi connectivity index (χ3n) is 3.07. The van der Waals surface area contributed by atoms with E-state index >= 15 is 0 Å². The van der Waals surface area contributed by atoms with Crippen LogP contribution in [0.5, 0.6) is 0 Å². The molecule has 20 heavy (non-hydrogen) atoms. The van der Waals surface area contributed by atoms with Gasteiger partial charge in [-0.1, -0.05) is 0 Å². The highest BCUT2D eigenvalue weighted by atomic mass is 32.2. The minimum absolute atomic E-state index is 0.0133. The fraction of sp³-hybridized carbons (Fsp3) is 0.308. The minimum Gasteiger partial charge on any atom is -0.398 e. The van der Waals surface area contributed by atoms with Gasteiger partial charge in [-0.05, 0) is 32.2 Å². The molecule has 1 heterocycles. The highest BCUT2D eigenvalue weighted by Gasteiger charge is 2.08. The number of nitrogen functional groups attached to an aromatic ring is 1. The first-order valence-electron chi connectivity index (χ1n) is 6.23. The Kier molecular flexibility index (Phi) is 4.10. The number of nitrogens with two attached hydrogens (primary N) is 1. The second kappa shape index (κ2) is 5.64. The van der Waals surface area contributed by atoms with Gasteiger partial charge in [0.1, 0.15) is 0 Å². The summed E-state index contributed by atoms with van der Waals surface area (Å²) in [5.74, 6) is 0.0133. The maximum absolute atomic E-state index is 11.4. The molecule has 0 aliphatic heterocycles. The van der Waals surface area contributed by atoms with E-state index in [0.29, 0.717) is 12.2 Å². The molecule has 0 bridgehead atoms. The highest BCUT2D eigenvalue weighted by Crippen LogP contribution is 2.28. The van der Waals surface area contributed by atoms with Crippen molar-refractivity contribution in [2.75, 3.05) is 30.4 Å². The van der Waals surface area contributed by atoms with Crippen LogP contribution in [0.1, 0.15) is 5.69 Å². The Morgan fingerprint density at radius 1 is 1.30 bits per heavy atom. The number of rotatable bonds is 5. The number of fused-ring (bicyclic) bond motifs is 1. The molecule has 0 atom stereocenters. The van der Waals surface area contributed by atoms with E-state index in [0.717, 1.165) is 22.2 Å². The molecule has 0 fully saturated rings. The zero-order valence-corrected chi connectivity index (χ0v) is 12.3. The van der Waals surface area contributed by atoms with E-state index in [9.17, 15) is 8.42 Å². The molecule has 2 aromatic rings. The third kappa shape index (κ3) is 3.17. The van der Waals surface area contributed by atoms with Gasteiger partial charge in [-0.2, -0.15) is 0 Å². The van der Waals surface area contributed by atoms with Crippen LogP contribution in [0.4, 0.5) is 11.4 Å². The Labute approximate surface area is 118 Å². The van der Waals surface area contributed by atoms with Crippen LogP contribution in [0.2, 0.25) is 0 Å². The van der Waals surface area contributed by atoms with Crippen LogP contribution in [0.3, 0.4) is 0 Å². The van der Waals surface area contributed by atoms with Crippen LogP contribution in [0.25, 0.3) is 10.8 Å². The van der Waals surface area contributed by atoms with Gasteiger partial charge in [0.25, 0.3) is 0 Å². The van der Waals surface area contributed by atoms with Crippen molar-refractivity contribution in [3.05, 3.63) is 30.1 Å². The smallest absolute Gasteiger partial charge is 0.213 e. The van der Waals surface area contributed by atoms with Gasteiger partial charge >= 0.3 is 0 Å². The van der Waals surface area contributed by atoms with E-state index in [1.165, 1.54) is 7.05 Å². The molecular formula is C13H18N4O2S. The van der Waals surface area contributed by atoms with E-state index < -0.39 is 10.0 Å². The normalized spacial score (nSPS) is 11.7. The highest BCUT2D eigenvalue weighted by molar-refractivity contribution is 7.89. The van der Waals surface area contributed by atoms with Crippen LogP contribution in [0, 0.1) is 6.92 Å². The second-order valence-corrected chi connectivity index (χ2v) is 6.57. The molecule has 0 saturated heterocycles. The zero-order chi connectivity index (χ0) is 14.8. The summed E-state index contributed by atoms with van der Waals surface area (Å²) in [6.45, 7) is 2.22. The standard InChI is InChI=1S/C13H18N4O2S/c1-9-7-10-11(8-17-9)12(14)3-4-13(10)16-5-6-20(18,19)15-2/h3-4,7-8,15-16H,5-6,14H2,1-2H3. The summed E-state index contributed by atoms with van der Waals surface area (Å²) in [5.41, 5.74) is 8.31. The summed E-state index contributed by atoms with van der Waals surface area (Å²) < 4.78 is 25.0. The molecule has 0 radical (unpaired) electrons. The molecule has 1 aromatic carbocycles.